The molecule has 7 heteroatoms. The van der Waals surface area contributed by atoms with Crippen molar-refractivity contribution in [1.82, 2.24) is 10.2 Å². The van der Waals surface area contributed by atoms with E-state index in [0.717, 1.165) is 18.6 Å². The Labute approximate surface area is 135 Å². The highest BCUT2D eigenvalue weighted by Gasteiger charge is 2.18. The Morgan fingerprint density at radius 2 is 1.88 bits per heavy atom. The van der Waals surface area contributed by atoms with Crippen LogP contribution in [-0.2, 0) is 4.79 Å². The molecule has 0 radical (unpaired) electrons. The van der Waals surface area contributed by atoms with Crippen LogP contribution >= 0.6 is 0 Å². The first-order chi connectivity index (χ1) is 11.5. The molecule has 24 heavy (non-hydrogen) atoms. The van der Waals surface area contributed by atoms with E-state index in [9.17, 15) is 18.1 Å². The average molecular weight is 331 g/mol. The van der Waals surface area contributed by atoms with Gasteiger partial charge in [-0.05, 0) is 29.8 Å². The Kier molecular flexibility index (Phi) is 4.07. The SMILES string of the molecule is CC(=O)N(F)c1cc2c(/C=C/c3ccc(F)cc3)n[nH]c2cc1F. The molecule has 0 atom stereocenters. The lowest BCUT2D eigenvalue weighted by molar-refractivity contribution is -0.119. The fraction of sp³-hybridized carbons (Fsp3) is 0.0588. The molecular weight excluding hydrogens is 319 g/mol. The summed E-state index contributed by atoms with van der Waals surface area (Å²) >= 11 is 0. The first-order valence-corrected chi connectivity index (χ1v) is 7.03. The van der Waals surface area contributed by atoms with Gasteiger partial charge < -0.3 is 0 Å². The molecule has 0 bridgehead atoms. The van der Waals surface area contributed by atoms with Gasteiger partial charge in [-0.3, -0.25) is 9.89 Å². The number of H-pyrrole nitrogens is 1. The predicted octanol–water partition coefficient (Wildman–Crippen LogP) is 4.25. The van der Waals surface area contributed by atoms with E-state index < -0.39 is 17.4 Å². The van der Waals surface area contributed by atoms with Crippen LogP contribution in [0.1, 0.15) is 18.2 Å². The van der Waals surface area contributed by atoms with Gasteiger partial charge in [0.15, 0.2) is 5.82 Å². The summed E-state index contributed by atoms with van der Waals surface area (Å²) in [5.74, 6) is -2.15. The fourth-order valence-corrected chi connectivity index (χ4v) is 2.24. The van der Waals surface area contributed by atoms with E-state index in [0.29, 0.717) is 16.6 Å². The highest BCUT2D eigenvalue weighted by Crippen LogP contribution is 2.28. The second-order valence-corrected chi connectivity index (χ2v) is 5.14. The largest absolute Gasteiger partial charge is 0.277 e. The Bertz CT molecular complexity index is 932. The van der Waals surface area contributed by atoms with Crippen LogP contribution in [0.2, 0.25) is 0 Å². The molecule has 1 N–H and O–H groups in total. The first kappa shape index (κ1) is 15.8. The Morgan fingerprint density at radius 1 is 1.17 bits per heavy atom. The molecule has 122 valence electrons. The van der Waals surface area contributed by atoms with Crippen LogP contribution in [0.3, 0.4) is 0 Å². The van der Waals surface area contributed by atoms with Gasteiger partial charge >= 0.3 is 0 Å². The summed E-state index contributed by atoms with van der Waals surface area (Å²) in [6.07, 6.45) is 3.32. The normalized spacial score (nSPS) is 11.3. The highest BCUT2D eigenvalue weighted by molar-refractivity contribution is 5.96. The molecule has 0 fully saturated rings. The first-order valence-electron chi connectivity index (χ1n) is 7.03. The Morgan fingerprint density at radius 3 is 2.54 bits per heavy atom. The molecule has 1 amide bonds. The van der Waals surface area contributed by atoms with Gasteiger partial charge in [0.05, 0.1) is 11.2 Å². The van der Waals surface area contributed by atoms with E-state index in [1.807, 2.05) is 0 Å². The predicted molar refractivity (Wildman–Crippen MR) is 85.6 cm³/mol. The number of carbonyl (C=O) groups excluding carboxylic acids is 1. The average Bonchev–Trinajstić information content (AvgIpc) is 2.94. The molecule has 0 spiro atoms. The lowest BCUT2D eigenvalue weighted by atomic mass is 10.1. The molecule has 0 aliphatic rings. The summed E-state index contributed by atoms with van der Waals surface area (Å²) in [6, 6.07) is 8.10. The van der Waals surface area contributed by atoms with Gasteiger partial charge in [0.2, 0.25) is 0 Å². The zero-order chi connectivity index (χ0) is 17.3. The standard InChI is InChI=1S/C17H12F3N3O/c1-10(24)23(20)17-8-13-15(21-22-16(13)9-14(17)19)7-4-11-2-5-12(18)6-3-11/h2-9H,1H3,(H,21,22)/b7-4+. The van der Waals surface area contributed by atoms with E-state index in [2.05, 4.69) is 10.2 Å². The molecular formula is C17H12F3N3O. The minimum atomic E-state index is -0.930. The van der Waals surface area contributed by atoms with E-state index in [4.69, 9.17) is 0 Å². The van der Waals surface area contributed by atoms with Gasteiger partial charge in [0, 0.05) is 18.4 Å². The summed E-state index contributed by atoms with van der Waals surface area (Å²) in [5.41, 5.74) is 1.07. The van der Waals surface area contributed by atoms with Gasteiger partial charge in [-0.2, -0.15) is 5.10 Å². The molecule has 1 heterocycles. The molecule has 3 aromatic rings. The van der Waals surface area contributed by atoms with Crippen molar-refractivity contribution in [3.8, 4) is 0 Å². The molecule has 0 saturated carbocycles. The van der Waals surface area contributed by atoms with Crippen molar-refractivity contribution in [3.05, 3.63) is 59.3 Å². The minimum Gasteiger partial charge on any atom is -0.277 e. The summed E-state index contributed by atoms with van der Waals surface area (Å²) in [4.78, 5) is 11.1. The van der Waals surface area contributed by atoms with Crippen LogP contribution in [0.25, 0.3) is 23.1 Å². The van der Waals surface area contributed by atoms with Crippen LogP contribution in [0, 0.1) is 11.6 Å². The van der Waals surface area contributed by atoms with Gasteiger partial charge in [0.1, 0.15) is 11.5 Å². The molecule has 4 nitrogen and oxygen atoms in total. The van der Waals surface area contributed by atoms with Gasteiger partial charge in [-0.25, -0.2) is 8.78 Å². The zero-order valence-electron chi connectivity index (χ0n) is 12.6. The monoisotopic (exact) mass is 331 g/mol. The number of amides is 1. The van der Waals surface area contributed by atoms with Crippen LogP contribution in [0.5, 0.6) is 0 Å². The van der Waals surface area contributed by atoms with Gasteiger partial charge in [0.25, 0.3) is 5.91 Å². The molecule has 0 unspecified atom stereocenters. The molecule has 0 aliphatic heterocycles. The summed E-state index contributed by atoms with van der Waals surface area (Å²) < 4.78 is 40.5. The number of rotatable bonds is 3. The van der Waals surface area contributed by atoms with E-state index >= 15 is 0 Å². The quantitative estimate of drug-likeness (QED) is 0.730. The van der Waals surface area contributed by atoms with Crippen LogP contribution in [-0.4, -0.2) is 16.1 Å². The third-order valence-corrected chi connectivity index (χ3v) is 3.45. The summed E-state index contributed by atoms with van der Waals surface area (Å²) in [5, 5.41) is 6.88. The number of nitrogens with one attached hydrogen (secondary N) is 1. The number of benzene rings is 2. The second kappa shape index (κ2) is 6.19. The number of hydrogen-bond acceptors (Lipinski definition) is 2. The summed E-state index contributed by atoms with van der Waals surface area (Å²) in [7, 11) is 0. The van der Waals surface area contributed by atoms with Crippen molar-refractivity contribution in [2.75, 3.05) is 5.12 Å². The van der Waals surface area contributed by atoms with Gasteiger partial charge in [-0.15, -0.1) is 5.12 Å². The topological polar surface area (TPSA) is 49.0 Å². The number of fused-ring (bicyclic) bond motifs is 1. The third-order valence-electron chi connectivity index (χ3n) is 3.45. The number of anilines is 1. The van der Waals surface area contributed by atoms with E-state index in [1.165, 1.54) is 18.2 Å². The Balaban J connectivity index is 2.01. The lowest BCUT2D eigenvalue weighted by Crippen LogP contribution is -2.19. The number of aromatic nitrogens is 2. The maximum absolute atomic E-state index is 13.9. The van der Waals surface area contributed by atoms with Crippen molar-refractivity contribution in [1.29, 1.82) is 0 Å². The number of carbonyl (C=O) groups is 1. The maximum atomic E-state index is 13.9. The van der Waals surface area contributed by atoms with Crippen molar-refractivity contribution in [2.24, 2.45) is 0 Å². The van der Waals surface area contributed by atoms with Crippen molar-refractivity contribution >= 4 is 34.6 Å². The van der Waals surface area contributed by atoms with Crippen LogP contribution in [0.4, 0.5) is 18.9 Å². The maximum Gasteiger partial charge on any atom is 0.252 e. The fourth-order valence-electron chi connectivity index (χ4n) is 2.24. The molecule has 0 saturated heterocycles. The smallest absolute Gasteiger partial charge is 0.252 e. The minimum absolute atomic E-state index is 0.255. The van der Waals surface area contributed by atoms with Gasteiger partial charge in [-0.1, -0.05) is 22.7 Å². The van der Waals surface area contributed by atoms with Crippen molar-refractivity contribution in [3.63, 3.8) is 0 Å². The number of hydrogen-bond donors (Lipinski definition) is 1. The molecule has 2 aromatic carbocycles. The third kappa shape index (κ3) is 3.01. The molecule has 3 rings (SSSR count). The molecule has 0 aliphatic carbocycles. The van der Waals surface area contributed by atoms with Crippen molar-refractivity contribution in [2.45, 2.75) is 6.92 Å². The number of aromatic amines is 1. The second-order valence-electron chi connectivity index (χ2n) is 5.14. The lowest BCUT2D eigenvalue weighted by Gasteiger charge is -2.10. The molecule has 1 aromatic heterocycles. The van der Waals surface area contributed by atoms with E-state index in [-0.39, 0.29) is 10.9 Å². The highest BCUT2D eigenvalue weighted by atomic mass is 19.2. The van der Waals surface area contributed by atoms with Crippen LogP contribution in [0.15, 0.2) is 36.4 Å². The van der Waals surface area contributed by atoms with Crippen LogP contribution < -0.4 is 5.12 Å². The summed E-state index contributed by atoms with van der Waals surface area (Å²) in [6.45, 7) is 0.994. The van der Waals surface area contributed by atoms with Crippen molar-refractivity contribution < 1.29 is 18.1 Å². The Hall–Kier alpha value is -3.09. The zero-order valence-corrected chi connectivity index (χ0v) is 12.6. The number of nitrogens with zero attached hydrogens (tertiary/aromatic N) is 2. The van der Waals surface area contributed by atoms with E-state index in [1.54, 1.807) is 24.3 Å². The number of halogens is 3.